The first-order chi connectivity index (χ1) is 10.3. The van der Waals surface area contributed by atoms with E-state index in [-0.39, 0.29) is 11.4 Å². The average Bonchev–Trinajstić information content (AvgIpc) is 2.96. The van der Waals surface area contributed by atoms with Crippen molar-refractivity contribution in [1.29, 1.82) is 0 Å². The van der Waals surface area contributed by atoms with Crippen LogP contribution in [0, 0.1) is 5.92 Å². The molecule has 118 valence electrons. The van der Waals surface area contributed by atoms with Gasteiger partial charge in [0.25, 0.3) is 5.22 Å². The maximum absolute atomic E-state index is 10.00. The average molecular weight is 310 g/mol. The zero-order chi connectivity index (χ0) is 14.5. The van der Waals surface area contributed by atoms with E-state index in [1.54, 1.807) is 11.8 Å². The van der Waals surface area contributed by atoms with Gasteiger partial charge in [0, 0.05) is 11.7 Å². The third-order valence-corrected chi connectivity index (χ3v) is 6.08. The first-order valence-electron chi connectivity index (χ1n) is 8.48. The van der Waals surface area contributed by atoms with Crippen molar-refractivity contribution in [2.75, 3.05) is 0 Å². The zero-order valence-corrected chi connectivity index (χ0v) is 13.5. The number of aliphatic hydroxyl groups excluding tert-OH is 1. The highest BCUT2D eigenvalue weighted by Crippen LogP contribution is 2.33. The molecule has 4 nitrogen and oxygen atoms in total. The molecular formula is C16H26N2O2S. The van der Waals surface area contributed by atoms with Gasteiger partial charge in [0.1, 0.15) is 0 Å². The third-order valence-electron chi connectivity index (χ3n) is 4.86. The standard InChI is InChI=1S/C16H26N2O2S/c19-13-8-4-5-9-14(13)21-16-18-17-15(20-16)11-10-12-6-2-1-3-7-12/h12-14,19H,1-11H2. The monoisotopic (exact) mass is 310 g/mol. The molecule has 21 heavy (non-hydrogen) atoms. The van der Waals surface area contributed by atoms with Crippen LogP contribution in [0.2, 0.25) is 0 Å². The quantitative estimate of drug-likeness (QED) is 0.891. The van der Waals surface area contributed by atoms with E-state index in [1.165, 1.54) is 44.9 Å². The molecule has 3 rings (SSSR count). The Morgan fingerprint density at radius 2 is 1.76 bits per heavy atom. The Kier molecular flexibility index (Phi) is 5.58. The number of aliphatic hydroxyl groups is 1. The molecule has 5 heteroatoms. The molecule has 2 aliphatic carbocycles. The third kappa shape index (κ3) is 4.46. The van der Waals surface area contributed by atoms with E-state index in [4.69, 9.17) is 4.42 Å². The van der Waals surface area contributed by atoms with Crippen LogP contribution in [-0.2, 0) is 6.42 Å². The Bertz CT molecular complexity index is 432. The summed E-state index contributed by atoms with van der Waals surface area (Å²) < 4.78 is 5.76. The van der Waals surface area contributed by atoms with Gasteiger partial charge in [-0.3, -0.25) is 0 Å². The van der Waals surface area contributed by atoms with E-state index < -0.39 is 0 Å². The molecular weight excluding hydrogens is 284 g/mol. The van der Waals surface area contributed by atoms with Gasteiger partial charge in [-0.1, -0.05) is 56.7 Å². The Labute approximate surface area is 131 Å². The fourth-order valence-electron chi connectivity index (χ4n) is 3.53. The van der Waals surface area contributed by atoms with Gasteiger partial charge in [-0.05, 0) is 25.2 Å². The molecule has 0 aromatic carbocycles. The van der Waals surface area contributed by atoms with Crippen molar-refractivity contribution in [3.05, 3.63) is 5.89 Å². The van der Waals surface area contributed by atoms with Crippen LogP contribution in [0.5, 0.6) is 0 Å². The molecule has 0 bridgehead atoms. The minimum Gasteiger partial charge on any atom is -0.416 e. The van der Waals surface area contributed by atoms with Crippen LogP contribution < -0.4 is 0 Å². The number of aryl methyl sites for hydroxylation is 1. The van der Waals surface area contributed by atoms with Crippen LogP contribution in [0.1, 0.15) is 70.1 Å². The summed E-state index contributed by atoms with van der Waals surface area (Å²) in [7, 11) is 0. The second-order valence-electron chi connectivity index (χ2n) is 6.51. The zero-order valence-electron chi connectivity index (χ0n) is 12.7. The molecule has 2 fully saturated rings. The number of nitrogens with zero attached hydrogens (tertiary/aromatic N) is 2. The second kappa shape index (κ2) is 7.63. The van der Waals surface area contributed by atoms with Gasteiger partial charge >= 0.3 is 0 Å². The van der Waals surface area contributed by atoms with Crippen molar-refractivity contribution in [3.8, 4) is 0 Å². The Hall–Kier alpha value is -0.550. The van der Waals surface area contributed by atoms with Crippen LogP contribution in [0.3, 0.4) is 0 Å². The molecule has 2 saturated carbocycles. The molecule has 1 aromatic rings. The van der Waals surface area contributed by atoms with Crippen LogP contribution in [0.15, 0.2) is 9.64 Å². The highest BCUT2D eigenvalue weighted by atomic mass is 32.2. The fourth-order valence-corrected chi connectivity index (χ4v) is 4.60. The minimum absolute atomic E-state index is 0.221. The highest BCUT2D eigenvalue weighted by Gasteiger charge is 2.26. The van der Waals surface area contributed by atoms with Gasteiger partial charge in [0.2, 0.25) is 5.89 Å². The molecule has 0 spiro atoms. The van der Waals surface area contributed by atoms with Crippen molar-refractivity contribution in [1.82, 2.24) is 10.2 Å². The van der Waals surface area contributed by atoms with Crippen molar-refractivity contribution >= 4 is 11.8 Å². The molecule has 1 heterocycles. The lowest BCUT2D eigenvalue weighted by molar-refractivity contribution is 0.136. The Balaban J connectivity index is 1.46. The first-order valence-corrected chi connectivity index (χ1v) is 9.36. The molecule has 1 aromatic heterocycles. The smallest absolute Gasteiger partial charge is 0.276 e. The van der Waals surface area contributed by atoms with Crippen LogP contribution in [-0.4, -0.2) is 26.7 Å². The number of rotatable bonds is 5. The molecule has 2 atom stereocenters. The highest BCUT2D eigenvalue weighted by molar-refractivity contribution is 7.99. The molecule has 2 aliphatic rings. The van der Waals surface area contributed by atoms with E-state index in [2.05, 4.69) is 10.2 Å². The van der Waals surface area contributed by atoms with E-state index in [0.29, 0.717) is 5.22 Å². The van der Waals surface area contributed by atoms with Gasteiger partial charge in [-0.15, -0.1) is 10.2 Å². The molecule has 0 saturated heterocycles. The summed E-state index contributed by atoms with van der Waals surface area (Å²) in [6.45, 7) is 0. The second-order valence-corrected chi connectivity index (χ2v) is 7.70. The maximum Gasteiger partial charge on any atom is 0.276 e. The van der Waals surface area contributed by atoms with Crippen LogP contribution in [0.4, 0.5) is 0 Å². The van der Waals surface area contributed by atoms with E-state index in [9.17, 15) is 5.11 Å². The molecule has 2 unspecified atom stereocenters. The van der Waals surface area contributed by atoms with Crippen molar-refractivity contribution in [2.45, 2.75) is 87.2 Å². The Morgan fingerprint density at radius 3 is 2.57 bits per heavy atom. The summed E-state index contributed by atoms with van der Waals surface area (Å²) in [5.74, 6) is 1.62. The summed E-state index contributed by atoms with van der Waals surface area (Å²) in [6, 6.07) is 0. The van der Waals surface area contributed by atoms with Crippen molar-refractivity contribution in [3.63, 3.8) is 0 Å². The summed E-state index contributed by atoms with van der Waals surface area (Å²) in [5.41, 5.74) is 0. The normalized spacial score (nSPS) is 27.9. The van der Waals surface area contributed by atoms with E-state index >= 15 is 0 Å². The van der Waals surface area contributed by atoms with Gasteiger partial charge in [0.05, 0.1) is 6.10 Å². The molecule has 0 amide bonds. The molecule has 0 aliphatic heterocycles. The number of hydrogen-bond acceptors (Lipinski definition) is 5. The largest absolute Gasteiger partial charge is 0.416 e. The Morgan fingerprint density at radius 1 is 1.00 bits per heavy atom. The number of aromatic nitrogens is 2. The van der Waals surface area contributed by atoms with Gasteiger partial charge in [-0.2, -0.15) is 0 Å². The van der Waals surface area contributed by atoms with Gasteiger partial charge in [-0.25, -0.2) is 0 Å². The van der Waals surface area contributed by atoms with Crippen molar-refractivity contribution in [2.24, 2.45) is 5.92 Å². The van der Waals surface area contributed by atoms with Crippen LogP contribution >= 0.6 is 11.8 Å². The van der Waals surface area contributed by atoms with Crippen LogP contribution in [0.25, 0.3) is 0 Å². The predicted molar refractivity (Wildman–Crippen MR) is 83.3 cm³/mol. The predicted octanol–water partition coefficient (Wildman–Crippen LogP) is 3.98. The maximum atomic E-state index is 10.00. The minimum atomic E-state index is -0.221. The van der Waals surface area contributed by atoms with E-state index in [1.807, 2.05) is 0 Å². The van der Waals surface area contributed by atoms with E-state index in [0.717, 1.165) is 37.5 Å². The number of hydrogen-bond donors (Lipinski definition) is 1. The molecule has 0 radical (unpaired) electrons. The lowest BCUT2D eigenvalue weighted by atomic mass is 9.86. The fraction of sp³-hybridized carbons (Fsp3) is 0.875. The number of thioether (sulfide) groups is 1. The summed E-state index contributed by atoms with van der Waals surface area (Å²) in [5, 5.41) is 19.2. The lowest BCUT2D eigenvalue weighted by Crippen LogP contribution is -2.26. The van der Waals surface area contributed by atoms with Gasteiger partial charge < -0.3 is 9.52 Å². The summed E-state index contributed by atoms with van der Waals surface area (Å²) in [6.07, 6.45) is 13.0. The summed E-state index contributed by atoms with van der Waals surface area (Å²) >= 11 is 1.56. The van der Waals surface area contributed by atoms with Crippen molar-refractivity contribution < 1.29 is 9.52 Å². The topological polar surface area (TPSA) is 59.2 Å². The lowest BCUT2D eigenvalue weighted by Gasteiger charge is -2.25. The first kappa shape index (κ1) is 15.3. The van der Waals surface area contributed by atoms with Gasteiger partial charge in [0.15, 0.2) is 0 Å². The molecule has 1 N–H and O–H groups in total. The SMILES string of the molecule is OC1CCCCC1Sc1nnc(CCC2CCCCC2)o1. The summed E-state index contributed by atoms with van der Waals surface area (Å²) in [4.78, 5) is 0.